The van der Waals surface area contributed by atoms with Gasteiger partial charge in [0, 0.05) is 11.7 Å². The van der Waals surface area contributed by atoms with Gasteiger partial charge in [0.25, 0.3) is 5.91 Å². The standard InChI is InChI=1S/C17H21N3O/c1-2-5-15-11-16(20-19-15)17(21)18-14-9-8-12-6-3-4-7-13(12)10-14/h3-4,6-7,11,14H,2,5,8-10H2,1H3,(H,18,21)(H,19,20)/t14-/m1/s1. The molecule has 0 saturated heterocycles. The lowest BCUT2D eigenvalue weighted by atomic mass is 9.88. The average Bonchev–Trinajstić information content (AvgIpc) is 2.96. The molecule has 1 heterocycles. The fraction of sp³-hybridized carbons (Fsp3) is 0.412. The molecule has 0 radical (unpaired) electrons. The molecule has 0 bridgehead atoms. The maximum Gasteiger partial charge on any atom is 0.272 e. The van der Waals surface area contributed by atoms with Crippen LogP contribution in [-0.4, -0.2) is 22.1 Å². The van der Waals surface area contributed by atoms with Gasteiger partial charge in [0.2, 0.25) is 0 Å². The summed E-state index contributed by atoms with van der Waals surface area (Å²) in [6, 6.07) is 10.5. The van der Waals surface area contributed by atoms with Crippen LogP contribution in [0.25, 0.3) is 0 Å². The third-order valence-corrected chi connectivity index (χ3v) is 4.06. The van der Waals surface area contributed by atoms with E-state index < -0.39 is 0 Å². The summed E-state index contributed by atoms with van der Waals surface area (Å²) >= 11 is 0. The van der Waals surface area contributed by atoms with E-state index in [9.17, 15) is 4.79 Å². The third-order valence-electron chi connectivity index (χ3n) is 4.06. The average molecular weight is 283 g/mol. The van der Waals surface area contributed by atoms with E-state index in [0.717, 1.165) is 37.8 Å². The molecule has 1 aromatic heterocycles. The number of H-pyrrole nitrogens is 1. The first-order valence-electron chi connectivity index (χ1n) is 7.68. The summed E-state index contributed by atoms with van der Waals surface area (Å²) in [4.78, 5) is 12.2. The molecule has 1 aliphatic rings. The Kier molecular flexibility index (Phi) is 4.04. The SMILES string of the molecule is CCCc1cc(C(=O)N[C@@H]2CCc3ccccc3C2)n[nH]1. The predicted molar refractivity (Wildman–Crippen MR) is 82.3 cm³/mol. The molecule has 1 aromatic carbocycles. The Morgan fingerprint density at radius 2 is 2.19 bits per heavy atom. The van der Waals surface area contributed by atoms with E-state index in [4.69, 9.17) is 0 Å². The molecule has 21 heavy (non-hydrogen) atoms. The number of carbonyl (C=O) groups excluding carboxylic acids is 1. The third kappa shape index (κ3) is 3.15. The summed E-state index contributed by atoms with van der Waals surface area (Å²) in [5.41, 5.74) is 4.28. The van der Waals surface area contributed by atoms with Crippen LogP contribution in [0.2, 0.25) is 0 Å². The van der Waals surface area contributed by atoms with E-state index in [0.29, 0.717) is 5.69 Å². The summed E-state index contributed by atoms with van der Waals surface area (Å²) in [5, 5.41) is 10.1. The minimum atomic E-state index is -0.0713. The Hall–Kier alpha value is -2.10. The number of amides is 1. The van der Waals surface area contributed by atoms with Crippen molar-refractivity contribution >= 4 is 5.91 Å². The van der Waals surface area contributed by atoms with Crippen molar-refractivity contribution in [3.63, 3.8) is 0 Å². The molecule has 4 nitrogen and oxygen atoms in total. The molecule has 3 rings (SSSR count). The van der Waals surface area contributed by atoms with E-state index in [2.05, 4.69) is 46.7 Å². The quantitative estimate of drug-likeness (QED) is 0.906. The molecule has 0 saturated carbocycles. The molecule has 2 aromatic rings. The topological polar surface area (TPSA) is 57.8 Å². The molecule has 0 aliphatic heterocycles. The first-order valence-corrected chi connectivity index (χ1v) is 7.68. The van der Waals surface area contributed by atoms with Crippen molar-refractivity contribution in [3.05, 3.63) is 52.8 Å². The van der Waals surface area contributed by atoms with Crippen molar-refractivity contribution in [2.75, 3.05) is 0 Å². The molecule has 2 N–H and O–H groups in total. The van der Waals surface area contributed by atoms with Gasteiger partial charge in [0.05, 0.1) is 0 Å². The number of nitrogens with one attached hydrogen (secondary N) is 2. The van der Waals surface area contributed by atoms with Crippen LogP contribution in [0.4, 0.5) is 0 Å². The van der Waals surface area contributed by atoms with E-state index in [1.165, 1.54) is 11.1 Å². The first kappa shape index (κ1) is 13.9. The number of aryl methyl sites for hydroxylation is 2. The van der Waals surface area contributed by atoms with Crippen LogP contribution in [0.15, 0.2) is 30.3 Å². The van der Waals surface area contributed by atoms with Crippen LogP contribution >= 0.6 is 0 Å². The van der Waals surface area contributed by atoms with Gasteiger partial charge in [-0.3, -0.25) is 9.89 Å². The molecule has 0 unspecified atom stereocenters. The number of carbonyl (C=O) groups is 1. The fourth-order valence-corrected chi connectivity index (χ4v) is 2.96. The maximum absolute atomic E-state index is 12.2. The summed E-state index contributed by atoms with van der Waals surface area (Å²) in [6.45, 7) is 2.11. The number of hydrogen-bond donors (Lipinski definition) is 2. The van der Waals surface area contributed by atoms with Gasteiger partial charge in [-0.25, -0.2) is 0 Å². The molecular weight excluding hydrogens is 262 g/mol. The molecular formula is C17H21N3O. The fourth-order valence-electron chi connectivity index (χ4n) is 2.96. The second-order valence-corrected chi connectivity index (χ2v) is 5.71. The second-order valence-electron chi connectivity index (χ2n) is 5.71. The second kappa shape index (κ2) is 6.12. The monoisotopic (exact) mass is 283 g/mol. The van der Waals surface area contributed by atoms with Gasteiger partial charge in [0.15, 0.2) is 0 Å². The highest BCUT2D eigenvalue weighted by molar-refractivity contribution is 5.92. The van der Waals surface area contributed by atoms with Crippen LogP contribution in [0.1, 0.15) is 47.1 Å². The zero-order valence-corrected chi connectivity index (χ0v) is 12.4. The summed E-state index contributed by atoms with van der Waals surface area (Å²) < 4.78 is 0. The van der Waals surface area contributed by atoms with Gasteiger partial charge >= 0.3 is 0 Å². The maximum atomic E-state index is 12.2. The minimum absolute atomic E-state index is 0.0713. The molecule has 1 atom stereocenters. The van der Waals surface area contributed by atoms with E-state index in [1.807, 2.05) is 6.07 Å². The Morgan fingerprint density at radius 3 is 3.00 bits per heavy atom. The minimum Gasteiger partial charge on any atom is -0.348 e. The Labute approximate surface area is 125 Å². The van der Waals surface area contributed by atoms with Crippen molar-refractivity contribution in [2.45, 2.75) is 45.1 Å². The number of rotatable bonds is 4. The zero-order chi connectivity index (χ0) is 14.7. The Morgan fingerprint density at radius 1 is 1.38 bits per heavy atom. The number of aromatic nitrogens is 2. The summed E-state index contributed by atoms with van der Waals surface area (Å²) in [7, 11) is 0. The number of fused-ring (bicyclic) bond motifs is 1. The van der Waals surface area contributed by atoms with E-state index >= 15 is 0 Å². The van der Waals surface area contributed by atoms with Crippen LogP contribution in [-0.2, 0) is 19.3 Å². The van der Waals surface area contributed by atoms with Crippen LogP contribution in [0.5, 0.6) is 0 Å². The summed E-state index contributed by atoms with van der Waals surface area (Å²) in [6.07, 6.45) is 4.91. The smallest absolute Gasteiger partial charge is 0.272 e. The number of hydrogen-bond acceptors (Lipinski definition) is 2. The van der Waals surface area contributed by atoms with E-state index in [-0.39, 0.29) is 11.9 Å². The van der Waals surface area contributed by atoms with Crippen LogP contribution < -0.4 is 5.32 Å². The lowest BCUT2D eigenvalue weighted by Gasteiger charge is -2.25. The van der Waals surface area contributed by atoms with E-state index in [1.54, 1.807) is 0 Å². The first-order chi connectivity index (χ1) is 10.3. The van der Waals surface area contributed by atoms with Gasteiger partial charge in [0.1, 0.15) is 5.69 Å². The van der Waals surface area contributed by atoms with Crippen molar-refractivity contribution in [2.24, 2.45) is 0 Å². The molecule has 4 heteroatoms. The molecule has 110 valence electrons. The van der Waals surface area contributed by atoms with Gasteiger partial charge in [-0.2, -0.15) is 5.10 Å². The van der Waals surface area contributed by atoms with Gasteiger partial charge in [-0.15, -0.1) is 0 Å². The van der Waals surface area contributed by atoms with Crippen LogP contribution in [0, 0.1) is 0 Å². The summed E-state index contributed by atoms with van der Waals surface area (Å²) in [5.74, 6) is -0.0713. The Bertz CT molecular complexity index is 632. The normalized spacial score (nSPS) is 17.3. The highest BCUT2D eigenvalue weighted by Crippen LogP contribution is 2.21. The van der Waals surface area contributed by atoms with Crippen molar-refractivity contribution < 1.29 is 4.79 Å². The number of aromatic amines is 1. The van der Waals surface area contributed by atoms with Crippen LogP contribution in [0.3, 0.4) is 0 Å². The molecule has 0 fully saturated rings. The van der Waals surface area contributed by atoms with Crippen molar-refractivity contribution in [1.82, 2.24) is 15.5 Å². The highest BCUT2D eigenvalue weighted by atomic mass is 16.2. The van der Waals surface area contributed by atoms with Crippen molar-refractivity contribution in [1.29, 1.82) is 0 Å². The van der Waals surface area contributed by atoms with Gasteiger partial charge < -0.3 is 5.32 Å². The predicted octanol–water partition coefficient (Wildman–Crippen LogP) is 2.65. The number of benzene rings is 1. The molecule has 1 aliphatic carbocycles. The highest BCUT2D eigenvalue weighted by Gasteiger charge is 2.21. The van der Waals surface area contributed by atoms with Crippen molar-refractivity contribution in [3.8, 4) is 0 Å². The molecule has 1 amide bonds. The van der Waals surface area contributed by atoms with Gasteiger partial charge in [-0.05, 0) is 42.9 Å². The zero-order valence-electron chi connectivity index (χ0n) is 12.4. The number of nitrogens with zero attached hydrogens (tertiary/aromatic N) is 1. The lowest BCUT2D eigenvalue weighted by molar-refractivity contribution is 0.0928. The largest absolute Gasteiger partial charge is 0.348 e. The lowest BCUT2D eigenvalue weighted by Crippen LogP contribution is -2.39. The molecule has 0 spiro atoms. The van der Waals surface area contributed by atoms with Gasteiger partial charge in [-0.1, -0.05) is 37.6 Å². The Balaban J connectivity index is 1.63.